The molecule has 19 heavy (non-hydrogen) atoms. The van der Waals surface area contributed by atoms with Crippen molar-refractivity contribution in [2.45, 2.75) is 11.3 Å². The van der Waals surface area contributed by atoms with E-state index >= 15 is 0 Å². The second kappa shape index (κ2) is 5.89. The SMILES string of the molecule is CSc1ccc(C2=C(c3ccccc3)CCS2)cc1. The number of hydrogen-bond donors (Lipinski definition) is 0. The van der Waals surface area contributed by atoms with E-state index in [9.17, 15) is 0 Å². The van der Waals surface area contributed by atoms with Crippen LogP contribution < -0.4 is 0 Å². The molecule has 2 aromatic rings. The van der Waals surface area contributed by atoms with Crippen molar-refractivity contribution < 1.29 is 0 Å². The molecule has 0 spiro atoms. The zero-order valence-electron chi connectivity index (χ0n) is 10.9. The fourth-order valence-electron chi connectivity index (χ4n) is 2.37. The number of allylic oxidation sites excluding steroid dienone is 1. The molecule has 0 radical (unpaired) electrons. The Labute approximate surface area is 123 Å². The summed E-state index contributed by atoms with van der Waals surface area (Å²) < 4.78 is 0. The van der Waals surface area contributed by atoms with E-state index in [4.69, 9.17) is 0 Å². The van der Waals surface area contributed by atoms with Gasteiger partial charge in [-0.25, -0.2) is 0 Å². The Morgan fingerprint density at radius 2 is 1.63 bits per heavy atom. The fraction of sp³-hybridized carbons (Fsp3) is 0.176. The molecular formula is C17H16S2. The Hall–Kier alpha value is -1.12. The molecule has 96 valence electrons. The van der Waals surface area contributed by atoms with Gasteiger partial charge in [0.1, 0.15) is 0 Å². The summed E-state index contributed by atoms with van der Waals surface area (Å²) >= 11 is 3.78. The molecule has 1 heterocycles. The van der Waals surface area contributed by atoms with Gasteiger partial charge in [0.15, 0.2) is 0 Å². The average molecular weight is 284 g/mol. The van der Waals surface area contributed by atoms with Gasteiger partial charge < -0.3 is 0 Å². The smallest absolute Gasteiger partial charge is 0.0183 e. The molecule has 2 aromatic carbocycles. The van der Waals surface area contributed by atoms with E-state index in [2.05, 4.69) is 60.9 Å². The number of rotatable bonds is 3. The third-order valence-electron chi connectivity index (χ3n) is 3.35. The molecule has 0 bridgehead atoms. The van der Waals surface area contributed by atoms with E-state index in [1.54, 1.807) is 11.8 Å². The van der Waals surface area contributed by atoms with Crippen molar-refractivity contribution in [3.05, 3.63) is 65.7 Å². The molecule has 0 aromatic heterocycles. The van der Waals surface area contributed by atoms with E-state index in [1.165, 1.54) is 38.7 Å². The van der Waals surface area contributed by atoms with E-state index in [0.717, 1.165) is 0 Å². The second-order valence-electron chi connectivity index (χ2n) is 4.50. The molecule has 0 N–H and O–H groups in total. The lowest BCUT2D eigenvalue weighted by Crippen LogP contribution is -1.85. The molecule has 0 amide bonds. The molecular weight excluding hydrogens is 268 g/mol. The quantitative estimate of drug-likeness (QED) is 0.691. The normalized spacial score (nSPS) is 15.0. The molecule has 0 aliphatic carbocycles. The van der Waals surface area contributed by atoms with E-state index < -0.39 is 0 Å². The minimum absolute atomic E-state index is 1.17. The molecule has 1 aliphatic heterocycles. The Balaban J connectivity index is 2.01. The summed E-state index contributed by atoms with van der Waals surface area (Å²) in [5.41, 5.74) is 4.23. The van der Waals surface area contributed by atoms with Gasteiger partial charge in [0, 0.05) is 15.6 Å². The molecule has 2 heteroatoms. The van der Waals surface area contributed by atoms with Crippen molar-refractivity contribution in [2.75, 3.05) is 12.0 Å². The van der Waals surface area contributed by atoms with Crippen LogP contribution >= 0.6 is 23.5 Å². The van der Waals surface area contributed by atoms with Crippen LogP contribution in [0.5, 0.6) is 0 Å². The highest BCUT2D eigenvalue weighted by atomic mass is 32.2. The highest BCUT2D eigenvalue weighted by molar-refractivity contribution is 8.08. The topological polar surface area (TPSA) is 0 Å². The number of benzene rings is 2. The maximum atomic E-state index is 2.25. The fourth-order valence-corrected chi connectivity index (χ4v) is 3.99. The third-order valence-corrected chi connectivity index (χ3v) is 5.27. The first-order chi connectivity index (χ1) is 9.38. The van der Waals surface area contributed by atoms with Crippen molar-refractivity contribution >= 4 is 34.0 Å². The summed E-state index contributed by atoms with van der Waals surface area (Å²) in [5.74, 6) is 1.20. The molecule has 0 fully saturated rings. The highest BCUT2D eigenvalue weighted by Crippen LogP contribution is 2.43. The summed E-state index contributed by atoms with van der Waals surface area (Å²) in [6.45, 7) is 0. The van der Waals surface area contributed by atoms with Crippen molar-refractivity contribution in [3.63, 3.8) is 0 Å². The van der Waals surface area contributed by atoms with Gasteiger partial charge in [-0.2, -0.15) is 0 Å². The first kappa shape index (κ1) is 12.9. The van der Waals surface area contributed by atoms with Crippen molar-refractivity contribution in [1.29, 1.82) is 0 Å². The van der Waals surface area contributed by atoms with Gasteiger partial charge in [0.2, 0.25) is 0 Å². The van der Waals surface area contributed by atoms with E-state index in [1.807, 2.05) is 11.8 Å². The summed E-state index contributed by atoms with van der Waals surface area (Å²) in [7, 11) is 0. The first-order valence-electron chi connectivity index (χ1n) is 6.44. The Kier molecular flexibility index (Phi) is 4.00. The van der Waals surface area contributed by atoms with Crippen LogP contribution in [0.25, 0.3) is 10.5 Å². The zero-order valence-corrected chi connectivity index (χ0v) is 12.6. The predicted molar refractivity (Wildman–Crippen MR) is 88.6 cm³/mol. The lowest BCUT2D eigenvalue weighted by molar-refractivity contribution is 1.29. The van der Waals surface area contributed by atoms with Gasteiger partial charge in [0.25, 0.3) is 0 Å². The minimum atomic E-state index is 1.17. The van der Waals surface area contributed by atoms with Gasteiger partial charge in [-0.3, -0.25) is 0 Å². The lowest BCUT2D eigenvalue weighted by atomic mass is 10.0. The molecule has 1 aliphatic rings. The standard InChI is InChI=1S/C17H16S2/c1-18-15-9-7-14(8-10-15)17-16(11-12-19-17)13-5-3-2-4-6-13/h2-10H,11-12H2,1H3. The van der Waals surface area contributed by atoms with Crippen LogP contribution in [-0.4, -0.2) is 12.0 Å². The molecule has 3 rings (SSSR count). The maximum absolute atomic E-state index is 2.25. The Bertz CT molecular complexity index is 582. The van der Waals surface area contributed by atoms with Crippen molar-refractivity contribution in [1.82, 2.24) is 0 Å². The van der Waals surface area contributed by atoms with E-state index in [0.29, 0.717) is 0 Å². The summed E-state index contributed by atoms with van der Waals surface area (Å²) in [4.78, 5) is 2.78. The van der Waals surface area contributed by atoms with E-state index in [-0.39, 0.29) is 0 Å². The monoisotopic (exact) mass is 284 g/mol. The van der Waals surface area contributed by atoms with Crippen molar-refractivity contribution in [3.8, 4) is 0 Å². The number of thioether (sulfide) groups is 2. The highest BCUT2D eigenvalue weighted by Gasteiger charge is 2.17. The second-order valence-corrected chi connectivity index (χ2v) is 6.49. The molecule has 0 nitrogen and oxygen atoms in total. The third kappa shape index (κ3) is 2.75. The van der Waals surface area contributed by atoms with Gasteiger partial charge in [-0.05, 0) is 41.5 Å². The Morgan fingerprint density at radius 3 is 2.32 bits per heavy atom. The summed E-state index contributed by atoms with van der Waals surface area (Å²) in [5, 5.41) is 0. The zero-order chi connectivity index (χ0) is 13.1. The van der Waals surface area contributed by atoms with Crippen LogP contribution in [0.3, 0.4) is 0 Å². The van der Waals surface area contributed by atoms with Gasteiger partial charge in [-0.1, -0.05) is 42.5 Å². The van der Waals surface area contributed by atoms with Crippen LogP contribution in [0, 0.1) is 0 Å². The first-order valence-corrected chi connectivity index (χ1v) is 8.65. The van der Waals surface area contributed by atoms with Crippen LogP contribution in [0.4, 0.5) is 0 Å². The van der Waals surface area contributed by atoms with Crippen LogP contribution in [0.15, 0.2) is 59.5 Å². The van der Waals surface area contributed by atoms with Crippen molar-refractivity contribution in [2.24, 2.45) is 0 Å². The summed E-state index contributed by atoms with van der Waals surface area (Å²) in [6.07, 6.45) is 3.29. The van der Waals surface area contributed by atoms with Crippen LogP contribution in [0.1, 0.15) is 17.5 Å². The maximum Gasteiger partial charge on any atom is 0.0183 e. The average Bonchev–Trinajstić information content (AvgIpc) is 2.98. The molecule has 0 saturated heterocycles. The summed E-state index contributed by atoms with van der Waals surface area (Å²) in [6, 6.07) is 19.7. The molecule has 0 atom stereocenters. The van der Waals surface area contributed by atoms with Gasteiger partial charge >= 0.3 is 0 Å². The predicted octanol–water partition coefficient (Wildman–Crippen LogP) is 5.41. The molecule has 0 saturated carbocycles. The minimum Gasteiger partial charge on any atom is -0.130 e. The van der Waals surface area contributed by atoms with Crippen LogP contribution in [0.2, 0.25) is 0 Å². The van der Waals surface area contributed by atoms with Crippen LogP contribution in [-0.2, 0) is 0 Å². The molecule has 0 unspecified atom stereocenters. The van der Waals surface area contributed by atoms with Gasteiger partial charge in [0.05, 0.1) is 0 Å². The number of hydrogen-bond acceptors (Lipinski definition) is 2. The van der Waals surface area contributed by atoms with Gasteiger partial charge in [-0.15, -0.1) is 23.5 Å². The Morgan fingerprint density at radius 1 is 0.895 bits per heavy atom. The largest absolute Gasteiger partial charge is 0.130 e. The lowest BCUT2D eigenvalue weighted by Gasteiger charge is -2.08.